The van der Waals surface area contributed by atoms with Gasteiger partial charge in [0.05, 0.1) is 0 Å². The van der Waals surface area contributed by atoms with Crippen molar-refractivity contribution in [2.45, 2.75) is 90.1 Å². The highest BCUT2D eigenvalue weighted by molar-refractivity contribution is 5.77. The lowest BCUT2D eigenvalue weighted by molar-refractivity contribution is -0.124. The number of carbonyl (C=O) groups excluding carboxylic acids is 1. The maximum absolute atomic E-state index is 12.5. The van der Waals surface area contributed by atoms with Gasteiger partial charge in [-0.25, -0.2) is 0 Å². The van der Waals surface area contributed by atoms with Gasteiger partial charge in [-0.1, -0.05) is 46.5 Å². The van der Waals surface area contributed by atoms with E-state index in [-0.39, 0.29) is 11.4 Å². The molecule has 0 aliphatic heterocycles. The largest absolute Gasteiger partial charge is 0.353 e. The van der Waals surface area contributed by atoms with Gasteiger partial charge < -0.3 is 11.1 Å². The molecule has 21 heavy (non-hydrogen) atoms. The first-order valence-corrected chi connectivity index (χ1v) is 8.98. The van der Waals surface area contributed by atoms with E-state index in [4.69, 9.17) is 5.73 Å². The molecule has 0 aromatic heterocycles. The first kappa shape index (κ1) is 16.8. The van der Waals surface area contributed by atoms with Gasteiger partial charge in [-0.3, -0.25) is 4.79 Å². The number of amides is 1. The number of rotatable bonds is 4. The maximum atomic E-state index is 12.5. The first-order valence-electron chi connectivity index (χ1n) is 8.98. The molecule has 0 saturated heterocycles. The summed E-state index contributed by atoms with van der Waals surface area (Å²) in [6.45, 7) is 6.87. The van der Waals surface area contributed by atoms with Crippen molar-refractivity contribution in [3.05, 3.63) is 0 Å². The third-order valence-corrected chi connectivity index (χ3v) is 5.73. The molecule has 3 unspecified atom stereocenters. The predicted molar refractivity (Wildman–Crippen MR) is 87.9 cm³/mol. The molecule has 3 N–H and O–H groups in total. The molecule has 2 rings (SSSR count). The van der Waals surface area contributed by atoms with E-state index in [1.807, 2.05) is 0 Å². The van der Waals surface area contributed by atoms with Crippen LogP contribution in [0.4, 0.5) is 0 Å². The Bertz CT molecular complexity index is 347. The molecule has 0 aromatic carbocycles. The molecule has 1 amide bonds. The van der Waals surface area contributed by atoms with Crippen LogP contribution in [0.5, 0.6) is 0 Å². The van der Waals surface area contributed by atoms with E-state index in [2.05, 4.69) is 26.1 Å². The Hall–Kier alpha value is -0.570. The highest BCUT2D eigenvalue weighted by atomic mass is 16.1. The average molecular weight is 294 g/mol. The van der Waals surface area contributed by atoms with Gasteiger partial charge in [0, 0.05) is 18.0 Å². The molecule has 2 saturated carbocycles. The van der Waals surface area contributed by atoms with E-state index >= 15 is 0 Å². The number of nitrogens with two attached hydrogens (primary N) is 1. The maximum Gasteiger partial charge on any atom is 0.222 e. The summed E-state index contributed by atoms with van der Waals surface area (Å²) >= 11 is 0. The molecule has 0 radical (unpaired) electrons. The molecule has 0 bridgehead atoms. The SMILES string of the molecule is CC1CCC(C(C)C)C(NC(=O)CC2(N)CCCCC2)C1. The van der Waals surface area contributed by atoms with Gasteiger partial charge in [0.25, 0.3) is 0 Å². The van der Waals surface area contributed by atoms with Crippen LogP contribution in [0.3, 0.4) is 0 Å². The second-order valence-corrected chi connectivity index (χ2v) is 8.10. The Balaban J connectivity index is 1.90. The van der Waals surface area contributed by atoms with Crippen LogP contribution in [0.2, 0.25) is 0 Å². The van der Waals surface area contributed by atoms with Gasteiger partial charge in [0.15, 0.2) is 0 Å². The molecule has 0 aromatic rings. The van der Waals surface area contributed by atoms with Crippen LogP contribution in [-0.4, -0.2) is 17.5 Å². The summed E-state index contributed by atoms with van der Waals surface area (Å²) in [6, 6.07) is 0.355. The molecule has 122 valence electrons. The van der Waals surface area contributed by atoms with Crippen LogP contribution in [0.1, 0.15) is 78.6 Å². The lowest BCUT2D eigenvalue weighted by Gasteiger charge is -2.39. The van der Waals surface area contributed by atoms with Crippen molar-refractivity contribution in [2.75, 3.05) is 0 Å². The van der Waals surface area contributed by atoms with Crippen molar-refractivity contribution >= 4 is 5.91 Å². The predicted octanol–water partition coefficient (Wildman–Crippen LogP) is 3.62. The van der Waals surface area contributed by atoms with Crippen molar-refractivity contribution in [3.8, 4) is 0 Å². The van der Waals surface area contributed by atoms with Crippen molar-refractivity contribution in [1.82, 2.24) is 5.32 Å². The quantitative estimate of drug-likeness (QED) is 0.832. The highest BCUT2D eigenvalue weighted by Crippen LogP contribution is 2.34. The van der Waals surface area contributed by atoms with Crippen LogP contribution >= 0.6 is 0 Å². The molecule has 3 heteroatoms. The number of hydrogen-bond donors (Lipinski definition) is 2. The number of carbonyl (C=O) groups is 1. The van der Waals surface area contributed by atoms with Gasteiger partial charge in [-0.2, -0.15) is 0 Å². The molecule has 2 aliphatic carbocycles. The number of nitrogens with one attached hydrogen (secondary N) is 1. The second kappa shape index (κ2) is 7.13. The summed E-state index contributed by atoms with van der Waals surface area (Å²) in [5.74, 6) is 2.19. The third kappa shape index (κ3) is 4.70. The summed E-state index contributed by atoms with van der Waals surface area (Å²) < 4.78 is 0. The Morgan fingerprint density at radius 3 is 2.52 bits per heavy atom. The Labute approximate surface area is 130 Å². The third-order valence-electron chi connectivity index (χ3n) is 5.73. The minimum atomic E-state index is -0.240. The van der Waals surface area contributed by atoms with Crippen molar-refractivity contribution in [2.24, 2.45) is 23.5 Å². The topological polar surface area (TPSA) is 55.1 Å². The zero-order valence-electron chi connectivity index (χ0n) is 14.2. The van der Waals surface area contributed by atoms with Crippen molar-refractivity contribution in [3.63, 3.8) is 0 Å². The van der Waals surface area contributed by atoms with E-state index in [1.54, 1.807) is 0 Å². The van der Waals surface area contributed by atoms with Gasteiger partial charge >= 0.3 is 0 Å². The lowest BCUT2D eigenvalue weighted by atomic mass is 9.73. The minimum Gasteiger partial charge on any atom is -0.353 e. The van der Waals surface area contributed by atoms with Gasteiger partial charge in [0.1, 0.15) is 0 Å². The van der Waals surface area contributed by atoms with Gasteiger partial charge in [-0.15, -0.1) is 0 Å². The molecular weight excluding hydrogens is 260 g/mol. The fourth-order valence-electron chi connectivity index (χ4n) is 4.38. The Morgan fingerprint density at radius 2 is 1.90 bits per heavy atom. The minimum absolute atomic E-state index is 0.184. The summed E-state index contributed by atoms with van der Waals surface area (Å²) in [5.41, 5.74) is 6.19. The molecule has 2 fully saturated rings. The fraction of sp³-hybridized carbons (Fsp3) is 0.944. The summed E-state index contributed by atoms with van der Waals surface area (Å²) in [6.07, 6.45) is 9.85. The summed E-state index contributed by atoms with van der Waals surface area (Å²) in [4.78, 5) is 12.5. The monoisotopic (exact) mass is 294 g/mol. The van der Waals surface area contributed by atoms with Crippen LogP contribution in [-0.2, 0) is 4.79 Å². The van der Waals surface area contributed by atoms with E-state index in [9.17, 15) is 4.79 Å². The first-order chi connectivity index (χ1) is 9.89. The average Bonchev–Trinajstić information content (AvgIpc) is 2.38. The van der Waals surface area contributed by atoms with Gasteiger partial charge in [-0.05, 0) is 43.4 Å². The summed E-state index contributed by atoms with van der Waals surface area (Å²) in [7, 11) is 0. The molecule has 3 atom stereocenters. The highest BCUT2D eigenvalue weighted by Gasteiger charge is 2.34. The fourth-order valence-corrected chi connectivity index (χ4v) is 4.38. The van der Waals surface area contributed by atoms with Crippen LogP contribution in [0.25, 0.3) is 0 Å². The van der Waals surface area contributed by atoms with E-state index in [1.165, 1.54) is 32.1 Å². The van der Waals surface area contributed by atoms with E-state index in [0.29, 0.717) is 24.3 Å². The Kier molecular flexibility index (Phi) is 5.70. The summed E-state index contributed by atoms with van der Waals surface area (Å²) in [5, 5.41) is 3.33. The lowest BCUT2D eigenvalue weighted by Crippen LogP contribution is -2.50. The molecule has 3 nitrogen and oxygen atoms in total. The standard InChI is InChI=1S/C18H34N2O/c1-13(2)15-8-7-14(3)11-16(15)20-17(21)12-18(19)9-5-4-6-10-18/h13-16H,4-12,19H2,1-3H3,(H,20,21). The molecule has 2 aliphatic rings. The van der Waals surface area contributed by atoms with Crippen molar-refractivity contribution < 1.29 is 4.79 Å². The van der Waals surface area contributed by atoms with Crippen molar-refractivity contribution in [1.29, 1.82) is 0 Å². The van der Waals surface area contributed by atoms with E-state index < -0.39 is 0 Å². The van der Waals surface area contributed by atoms with Gasteiger partial charge in [0.2, 0.25) is 5.91 Å². The normalized spacial score (nSPS) is 32.9. The van der Waals surface area contributed by atoms with Crippen LogP contribution in [0, 0.1) is 17.8 Å². The number of hydrogen-bond acceptors (Lipinski definition) is 2. The van der Waals surface area contributed by atoms with Crippen LogP contribution < -0.4 is 11.1 Å². The second-order valence-electron chi connectivity index (χ2n) is 8.10. The molecular formula is C18H34N2O. The van der Waals surface area contributed by atoms with Crippen LogP contribution in [0.15, 0.2) is 0 Å². The van der Waals surface area contributed by atoms with E-state index in [0.717, 1.165) is 25.2 Å². The molecule has 0 heterocycles. The zero-order chi connectivity index (χ0) is 15.5. The molecule has 0 spiro atoms. The Morgan fingerprint density at radius 1 is 1.24 bits per heavy atom. The smallest absolute Gasteiger partial charge is 0.222 e. The zero-order valence-corrected chi connectivity index (χ0v) is 14.2.